The van der Waals surface area contributed by atoms with Gasteiger partial charge in [-0.1, -0.05) is 18.5 Å². The van der Waals surface area contributed by atoms with Crippen LogP contribution in [0.3, 0.4) is 0 Å². The Morgan fingerprint density at radius 3 is 2.57 bits per heavy atom. The van der Waals surface area contributed by atoms with Crippen LogP contribution in [0, 0.1) is 0 Å². The Morgan fingerprint density at radius 1 is 1.50 bits per heavy atom. The number of nitrogens with one attached hydrogen (secondary N) is 1. The van der Waals surface area contributed by atoms with Crippen LogP contribution in [0.15, 0.2) is 0 Å². The Labute approximate surface area is 89.8 Å². The highest BCUT2D eigenvalue weighted by atomic mass is 35.5. The van der Waals surface area contributed by atoms with Gasteiger partial charge in [0.1, 0.15) is 0 Å². The molecule has 0 radical (unpaired) electrons. The van der Waals surface area contributed by atoms with E-state index in [1.54, 1.807) is 0 Å². The van der Waals surface area contributed by atoms with Gasteiger partial charge in [0.25, 0.3) is 0 Å². The fourth-order valence-electron chi connectivity index (χ4n) is 1.24. The minimum absolute atomic E-state index is 0.704. The molecule has 0 aliphatic rings. The number of aryl methyl sites for hydroxylation is 2. The van der Waals surface area contributed by atoms with Crippen molar-refractivity contribution in [1.29, 1.82) is 0 Å². The first-order chi connectivity index (χ1) is 6.56. The number of hydrogen-bond acceptors (Lipinski definition) is 3. The van der Waals surface area contributed by atoms with Crippen molar-refractivity contribution in [2.45, 2.75) is 19.9 Å². The van der Waals surface area contributed by atoms with Gasteiger partial charge < -0.3 is 0 Å². The zero-order valence-electron chi connectivity index (χ0n) is 9.13. The quantitative estimate of drug-likeness (QED) is 0.768. The number of hydrazine groups is 1. The van der Waals surface area contributed by atoms with Crippen molar-refractivity contribution in [3.05, 3.63) is 16.4 Å². The number of nitrogens with zero attached hydrogens (tertiary/aromatic N) is 3. The summed E-state index contributed by atoms with van der Waals surface area (Å²) in [5.41, 5.74) is 5.16. The van der Waals surface area contributed by atoms with Gasteiger partial charge in [-0.25, -0.2) is 5.43 Å². The number of rotatable bonds is 4. The Balaban J connectivity index is 2.80. The van der Waals surface area contributed by atoms with E-state index in [1.165, 1.54) is 0 Å². The lowest BCUT2D eigenvalue weighted by atomic mass is 10.3. The topological polar surface area (TPSA) is 33.1 Å². The molecule has 1 rings (SSSR count). The second kappa shape index (κ2) is 4.77. The third-order valence-corrected chi connectivity index (χ3v) is 2.50. The molecule has 80 valence electrons. The lowest BCUT2D eigenvalue weighted by molar-refractivity contribution is 0.282. The van der Waals surface area contributed by atoms with E-state index in [0.29, 0.717) is 6.54 Å². The van der Waals surface area contributed by atoms with Crippen molar-refractivity contribution in [2.24, 2.45) is 7.05 Å². The molecule has 0 bridgehead atoms. The molecule has 0 aliphatic carbocycles. The lowest BCUT2D eigenvalue weighted by Gasteiger charge is -2.11. The first-order valence-corrected chi connectivity index (χ1v) is 5.05. The molecule has 0 aromatic carbocycles. The summed E-state index contributed by atoms with van der Waals surface area (Å²) in [5, 5.41) is 7.01. The molecular formula is C9H17ClN4. The van der Waals surface area contributed by atoms with Crippen LogP contribution in [0.25, 0.3) is 0 Å². The Kier molecular flexibility index (Phi) is 3.92. The molecule has 1 N–H and O–H groups in total. The van der Waals surface area contributed by atoms with Crippen molar-refractivity contribution in [3.8, 4) is 0 Å². The summed E-state index contributed by atoms with van der Waals surface area (Å²) >= 11 is 6.17. The maximum absolute atomic E-state index is 6.17. The van der Waals surface area contributed by atoms with Crippen LogP contribution in [-0.2, 0) is 20.0 Å². The maximum Gasteiger partial charge on any atom is 0.0863 e. The number of aromatic nitrogens is 2. The summed E-state index contributed by atoms with van der Waals surface area (Å²) < 4.78 is 1.83. The van der Waals surface area contributed by atoms with E-state index in [4.69, 9.17) is 11.6 Å². The first kappa shape index (κ1) is 11.5. The Bertz CT molecular complexity index is 306. The van der Waals surface area contributed by atoms with Gasteiger partial charge in [-0.2, -0.15) is 5.10 Å². The van der Waals surface area contributed by atoms with E-state index >= 15 is 0 Å². The molecule has 0 saturated carbocycles. The van der Waals surface area contributed by atoms with E-state index in [2.05, 4.69) is 17.4 Å². The second-order valence-corrected chi connectivity index (χ2v) is 3.79. The van der Waals surface area contributed by atoms with Crippen molar-refractivity contribution < 1.29 is 0 Å². The number of halogens is 1. The van der Waals surface area contributed by atoms with Gasteiger partial charge >= 0.3 is 0 Å². The van der Waals surface area contributed by atoms with E-state index in [-0.39, 0.29) is 0 Å². The Hall–Kier alpha value is -0.580. The van der Waals surface area contributed by atoms with Crippen LogP contribution in [-0.4, -0.2) is 28.9 Å². The fraction of sp³-hybridized carbons (Fsp3) is 0.667. The SMILES string of the molecule is CCc1nn(C)c(CNN(C)C)c1Cl. The van der Waals surface area contributed by atoms with E-state index in [0.717, 1.165) is 22.8 Å². The maximum atomic E-state index is 6.17. The van der Waals surface area contributed by atoms with Gasteiger partial charge in [0.15, 0.2) is 0 Å². The summed E-state index contributed by atoms with van der Waals surface area (Å²) in [6.45, 7) is 2.76. The highest BCUT2D eigenvalue weighted by Gasteiger charge is 2.12. The normalized spacial score (nSPS) is 11.3. The molecule has 0 spiro atoms. The van der Waals surface area contributed by atoms with Crippen molar-refractivity contribution in [3.63, 3.8) is 0 Å². The Morgan fingerprint density at radius 2 is 2.14 bits per heavy atom. The van der Waals surface area contributed by atoms with Gasteiger partial charge in [0.05, 0.1) is 23.0 Å². The zero-order valence-corrected chi connectivity index (χ0v) is 9.89. The van der Waals surface area contributed by atoms with Crippen LogP contribution in [0.4, 0.5) is 0 Å². The molecule has 0 fully saturated rings. The molecule has 4 nitrogen and oxygen atoms in total. The molecule has 1 heterocycles. The minimum Gasteiger partial charge on any atom is -0.269 e. The third kappa shape index (κ3) is 2.47. The monoisotopic (exact) mass is 216 g/mol. The molecule has 14 heavy (non-hydrogen) atoms. The third-order valence-electron chi connectivity index (χ3n) is 2.07. The average molecular weight is 217 g/mol. The van der Waals surface area contributed by atoms with Crippen LogP contribution in [0.2, 0.25) is 5.02 Å². The van der Waals surface area contributed by atoms with Gasteiger partial charge in [-0.15, -0.1) is 0 Å². The number of hydrogen-bond donors (Lipinski definition) is 1. The predicted octanol–water partition coefficient (Wildman–Crippen LogP) is 1.20. The van der Waals surface area contributed by atoms with Crippen LogP contribution in [0.1, 0.15) is 18.3 Å². The second-order valence-electron chi connectivity index (χ2n) is 3.41. The largest absolute Gasteiger partial charge is 0.269 e. The summed E-state index contributed by atoms with van der Waals surface area (Å²) in [5.74, 6) is 0. The molecule has 1 aromatic rings. The van der Waals surface area contributed by atoms with Gasteiger partial charge in [0, 0.05) is 21.1 Å². The minimum atomic E-state index is 0.704. The predicted molar refractivity (Wildman–Crippen MR) is 58.1 cm³/mol. The molecule has 0 aliphatic heterocycles. The standard InChI is InChI=1S/C9H17ClN4/c1-5-7-9(10)8(14(4)12-7)6-11-13(2)3/h11H,5-6H2,1-4H3. The molecule has 5 heteroatoms. The molecule has 0 saturated heterocycles. The van der Waals surface area contributed by atoms with E-state index < -0.39 is 0 Å². The van der Waals surface area contributed by atoms with Crippen LogP contribution in [0.5, 0.6) is 0 Å². The van der Waals surface area contributed by atoms with E-state index in [9.17, 15) is 0 Å². The lowest BCUT2D eigenvalue weighted by Crippen LogP contribution is -2.30. The highest BCUT2D eigenvalue weighted by Crippen LogP contribution is 2.20. The van der Waals surface area contributed by atoms with Crippen LogP contribution >= 0.6 is 11.6 Å². The summed E-state index contributed by atoms with van der Waals surface area (Å²) in [6, 6.07) is 0. The smallest absolute Gasteiger partial charge is 0.0863 e. The first-order valence-electron chi connectivity index (χ1n) is 4.67. The van der Waals surface area contributed by atoms with Crippen molar-refractivity contribution in [2.75, 3.05) is 14.1 Å². The fourth-order valence-corrected chi connectivity index (χ4v) is 1.61. The molecular weight excluding hydrogens is 200 g/mol. The summed E-state index contributed by atoms with van der Waals surface area (Å²) in [7, 11) is 5.81. The van der Waals surface area contributed by atoms with Gasteiger partial charge in [-0.05, 0) is 6.42 Å². The average Bonchev–Trinajstić information content (AvgIpc) is 2.39. The van der Waals surface area contributed by atoms with E-state index in [1.807, 2.05) is 30.8 Å². The zero-order chi connectivity index (χ0) is 10.7. The molecule has 0 unspecified atom stereocenters. The summed E-state index contributed by atoms with van der Waals surface area (Å²) in [4.78, 5) is 0. The molecule has 0 atom stereocenters. The molecule has 0 amide bonds. The van der Waals surface area contributed by atoms with Crippen molar-refractivity contribution in [1.82, 2.24) is 20.2 Å². The van der Waals surface area contributed by atoms with Crippen molar-refractivity contribution >= 4 is 11.6 Å². The van der Waals surface area contributed by atoms with Gasteiger partial charge in [0.2, 0.25) is 0 Å². The summed E-state index contributed by atoms with van der Waals surface area (Å²) in [6.07, 6.45) is 0.870. The molecule has 1 aromatic heterocycles. The van der Waals surface area contributed by atoms with Gasteiger partial charge in [-0.3, -0.25) is 9.69 Å². The van der Waals surface area contributed by atoms with Crippen LogP contribution < -0.4 is 5.43 Å². The highest BCUT2D eigenvalue weighted by molar-refractivity contribution is 6.31.